The smallest absolute Gasteiger partial charge is 0.355 e. The zero-order valence-electron chi connectivity index (χ0n) is 13.2. The van der Waals surface area contributed by atoms with Crippen LogP contribution in [0.25, 0.3) is 0 Å². The molecule has 0 amide bonds. The molecule has 2 aromatic rings. The number of hydrogen-bond donors (Lipinski definition) is 2. The average Bonchev–Trinajstić information content (AvgIpc) is 2.82. The molecule has 0 saturated heterocycles. The molecule has 124 valence electrons. The minimum Gasteiger partial charge on any atom is -0.461 e. The summed E-state index contributed by atoms with van der Waals surface area (Å²) >= 11 is 0. The molecule has 2 rings (SSSR count). The van der Waals surface area contributed by atoms with Crippen LogP contribution in [0.1, 0.15) is 34.4 Å². The van der Waals surface area contributed by atoms with Crippen molar-refractivity contribution in [1.82, 2.24) is 14.7 Å². The lowest BCUT2D eigenvalue weighted by Gasteiger charge is -2.07. The van der Waals surface area contributed by atoms with E-state index in [-0.39, 0.29) is 23.7 Å². The highest BCUT2D eigenvalue weighted by molar-refractivity contribution is 7.89. The number of pyridine rings is 1. The highest BCUT2D eigenvalue weighted by Crippen LogP contribution is 2.23. The van der Waals surface area contributed by atoms with E-state index in [1.165, 1.54) is 0 Å². The van der Waals surface area contributed by atoms with Crippen LogP contribution in [0.4, 0.5) is 0 Å². The van der Waals surface area contributed by atoms with Gasteiger partial charge in [0.25, 0.3) is 0 Å². The van der Waals surface area contributed by atoms with E-state index in [1.54, 1.807) is 45.2 Å². The number of carbonyl (C=O) groups is 1. The van der Waals surface area contributed by atoms with Crippen LogP contribution in [-0.2, 0) is 21.3 Å². The molecule has 0 spiro atoms. The molecule has 2 heterocycles. The number of ether oxygens (including phenoxy) is 1. The predicted octanol–water partition coefficient (Wildman–Crippen LogP) is 1.68. The number of esters is 1. The van der Waals surface area contributed by atoms with E-state index in [9.17, 15) is 13.2 Å². The summed E-state index contributed by atoms with van der Waals surface area (Å²) < 4.78 is 32.5. The van der Waals surface area contributed by atoms with E-state index in [4.69, 9.17) is 4.74 Å². The molecule has 0 aromatic carbocycles. The number of carbonyl (C=O) groups excluding carboxylic acids is 1. The summed E-state index contributed by atoms with van der Waals surface area (Å²) in [5, 5.41) is 0. The Kier molecular flexibility index (Phi) is 5.17. The highest BCUT2D eigenvalue weighted by atomic mass is 32.2. The number of aromatic nitrogens is 2. The molecule has 0 fully saturated rings. The zero-order valence-corrected chi connectivity index (χ0v) is 14.0. The number of nitrogens with zero attached hydrogens (tertiary/aromatic N) is 1. The number of hydrogen-bond acceptors (Lipinski definition) is 5. The Balaban J connectivity index is 2.28. The Hall–Kier alpha value is -2.19. The maximum atomic E-state index is 12.5. The summed E-state index contributed by atoms with van der Waals surface area (Å²) in [6.45, 7) is 5.16. The van der Waals surface area contributed by atoms with Gasteiger partial charge in [-0.25, -0.2) is 17.9 Å². The number of rotatable bonds is 6. The predicted molar refractivity (Wildman–Crippen MR) is 84.5 cm³/mol. The minimum atomic E-state index is -3.78. The van der Waals surface area contributed by atoms with E-state index in [0.29, 0.717) is 17.0 Å². The van der Waals surface area contributed by atoms with Gasteiger partial charge in [0.05, 0.1) is 18.8 Å². The zero-order chi connectivity index (χ0) is 17.0. The molecule has 0 aliphatic carbocycles. The fourth-order valence-corrected chi connectivity index (χ4v) is 3.73. The molecule has 0 aliphatic heterocycles. The van der Waals surface area contributed by atoms with Gasteiger partial charge in [-0.3, -0.25) is 4.98 Å². The van der Waals surface area contributed by atoms with Crippen molar-refractivity contribution >= 4 is 16.0 Å². The van der Waals surface area contributed by atoms with Gasteiger partial charge >= 0.3 is 5.97 Å². The molecule has 7 nitrogen and oxygen atoms in total. The quantitative estimate of drug-likeness (QED) is 0.781. The fourth-order valence-electron chi connectivity index (χ4n) is 2.29. The lowest BCUT2D eigenvalue weighted by Crippen LogP contribution is -2.24. The number of H-pyrrole nitrogens is 1. The van der Waals surface area contributed by atoms with Crippen molar-refractivity contribution in [2.75, 3.05) is 6.61 Å². The first-order valence-electron chi connectivity index (χ1n) is 7.12. The van der Waals surface area contributed by atoms with Gasteiger partial charge in [0.15, 0.2) is 0 Å². The molecule has 2 N–H and O–H groups in total. The van der Waals surface area contributed by atoms with E-state index >= 15 is 0 Å². The average molecular weight is 337 g/mol. The topological polar surface area (TPSA) is 101 Å². The summed E-state index contributed by atoms with van der Waals surface area (Å²) in [5.41, 5.74) is 1.49. The van der Waals surface area contributed by atoms with Gasteiger partial charge in [-0.1, -0.05) is 6.07 Å². The summed E-state index contributed by atoms with van der Waals surface area (Å²) in [4.78, 5) is 18.8. The standard InChI is InChI=1S/C15H19N3O4S/c1-4-22-15(19)13-10(2)14(11(3)18-13)23(20,21)17-9-12-7-5-6-8-16-12/h5-8,17-18H,4,9H2,1-3H3. The second kappa shape index (κ2) is 6.93. The maximum absolute atomic E-state index is 12.5. The second-order valence-corrected chi connectivity index (χ2v) is 6.65. The molecule has 8 heteroatoms. The fraction of sp³-hybridized carbons (Fsp3) is 0.333. The number of aromatic amines is 1. The molecule has 0 bridgehead atoms. The molecule has 0 saturated carbocycles. The Morgan fingerprint density at radius 1 is 1.35 bits per heavy atom. The number of nitrogens with one attached hydrogen (secondary N) is 2. The minimum absolute atomic E-state index is 0.0662. The number of sulfonamides is 1. The number of aryl methyl sites for hydroxylation is 1. The Bertz CT molecular complexity index is 798. The van der Waals surface area contributed by atoms with Gasteiger partial charge in [0, 0.05) is 17.5 Å². The Labute approximate surface area is 135 Å². The van der Waals surface area contributed by atoms with Crippen LogP contribution in [-0.4, -0.2) is 31.0 Å². The van der Waals surface area contributed by atoms with E-state index in [1.807, 2.05) is 0 Å². The van der Waals surface area contributed by atoms with Crippen LogP contribution < -0.4 is 4.72 Å². The van der Waals surface area contributed by atoms with E-state index in [2.05, 4.69) is 14.7 Å². The first-order valence-corrected chi connectivity index (χ1v) is 8.61. The monoisotopic (exact) mass is 337 g/mol. The van der Waals surface area contributed by atoms with Gasteiger partial charge < -0.3 is 9.72 Å². The van der Waals surface area contributed by atoms with Crippen molar-refractivity contribution in [3.05, 3.63) is 47.0 Å². The summed E-state index contributed by atoms with van der Waals surface area (Å²) in [6, 6.07) is 5.26. The maximum Gasteiger partial charge on any atom is 0.355 e. The van der Waals surface area contributed by atoms with Gasteiger partial charge in [-0.2, -0.15) is 0 Å². The SMILES string of the molecule is CCOC(=O)c1[nH]c(C)c(S(=O)(=O)NCc2ccccn2)c1C. The van der Waals surface area contributed by atoms with Crippen molar-refractivity contribution in [2.45, 2.75) is 32.2 Å². The third-order valence-electron chi connectivity index (χ3n) is 3.29. The second-order valence-electron chi connectivity index (χ2n) is 4.95. The van der Waals surface area contributed by atoms with Gasteiger partial charge in [-0.15, -0.1) is 0 Å². The molecule has 0 atom stereocenters. The van der Waals surface area contributed by atoms with Gasteiger partial charge in [-0.05, 0) is 32.9 Å². The van der Waals surface area contributed by atoms with Gasteiger partial charge in [0.1, 0.15) is 10.6 Å². The largest absolute Gasteiger partial charge is 0.461 e. The van der Waals surface area contributed by atoms with Crippen LogP contribution in [0.15, 0.2) is 29.3 Å². The molecule has 0 radical (unpaired) electrons. The Morgan fingerprint density at radius 2 is 2.09 bits per heavy atom. The molecule has 0 unspecified atom stereocenters. The molecular formula is C15H19N3O4S. The molecule has 23 heavy (non-hydrogen) atoms. The molecule has 0 aliphatic rings. The summed E-state index contributed by atoms with van der Waals surface area (Å²) in [7, 11) is -3.78. The normalized spacial score (nSPS) is 11.4. The van der Waals surface area contributed by atoms with Crippen molar-refractivity contribution in [3.63, 3.8) is 0 Å². The first kappa shape index (κ1) is 17.2. The van der Waals surface area contributed by atoms with Crippen molar-refractivity contribution in [2.24, 2.45) is 0 Å². The van der Waals surface area contributed by atoms with Crippen LogP contribution >= 0.6 is 0 Å². The lowest BCUT2D eigenvalue weighted by atomic mass is 10.2. The summed E-state index contributed by atoms with van der Waals surface area (Å²) in [5.74, 6) is -0.570. The molecule has 2 aromatic heterocycles. The van der Waals surface area contributed by atoms with E-state index < -0.39 is 16.0 Å². The summed E-state index contributed by atoms with van der Waals surface area (Å²) in [6.07, 6.45) is 1.59. The van der Waals surface area contributed by atoms with E-state index in [0.717, 1.165) is 0 Å². The lowest BCUT2D eigenvalue weighted by molar-refractivity contribution is 0.0519. The van der Waals surface area contributed by atoms with Crippen molar-refractivity contribution in [3.8, 4) is 0 Å². The highest BCUT2D eigenvalue weighted by Gasteiger charge is 2.26. The van der Waals surface area contributed by atoms with Crippen molar-refractivity contribution < 1.29 is 17.9 Å². The molecular weight excluding hydrogens is 318 g/mol. The third kappa shape index (κ3) is 3.77. The Morgan fingerprint density at radius 3 is 2.70 bits per heavy atom. The van der Waals surface area contributed by atoms with Gasteiger partial charge in [0.2, 0.25) is 10.0 Å². The first-order chi connectivity index (χ1) is 10.9. The van der Waals surface area contributed by atoms with Crippen LogP contribution in [0.3, 0.4) is 0 Å². The third-order valence-corrected chi connectivity index (χ3v) is 4.96. The van der Waals surface area contributed by atoms with Crippen LogP contribution in [0.2, 0.25) is 0 Å². The van der Waals surface area contributed by atoms with Crippen molar-refractivity contribution in [1.29, 1.82) is 0 Å². The van der Waals surface area contributed by atoms with Crippen LogP contribution in [0.5, 0.6) is 0 Å². The van der Waals surface area contributed by atoms with Crippen LogP contribution in [0, 0.1) is 13.8 Å².